The highest BCUT2D eigenvalue weighted by Gasteiger charge is 2.24. The molecule has 1 aromatic carbocycles. The number of hydrogen-bond acceptors (Lipinski definition) is 6. The molecule has 8 heteroatoms. The molecule has 1 aliphatic heterocycles. The number of phenolic OH excluding ortho intramolecular Hbond substituents is 2. The number of likely N-dealkylation sites (tertiary alicyclic amines) is 1. The van der Waals surface area contributed by atoms with Crippen LogP contribution in [0.3, 0.4) is 0 Å². The molecule has 0 aliphatic carbocycles. The summed E-state index contributed by atoms with van der Waals surface area (Å²) in [6, 6.07) is 6.27. The third-order valence-electron chi connectivity index (χ3n) is 4.70. The number of carbonyl (C=O) groups is 1. The molecule has 0 bridgehead atoms. The first-order valence-electron chi connectivity index (χ1n) is 9.04. The third kappa shape index (κ3) is 3.75. The monoisotopic (exact) mass is 380 g/mol. The minimum atomic E-state index is -0.220. The number of phenols is 2. The van der Waals surface area contributed by atoms with Crippen molar-refractivity contribution < 1.29 is 19.7 Å². The van der Waals surface area contributed by atoms with Gasteiger partial charge in [0.15, 0.2) is 11.5 Å². The Labute approximate surface area is 161 Å². The quantitative estimate of drug-likeness (QED) is 0.474. The zero-order valence-corrected chi connectivity index (χ0v) is 15.1. The molecular formula is C20H20N4O4. The molecule has 1 amide bonds. The van der Waals surface area contributed by atoms with Crippen LogP contribution in [0.2, 0.25) is 0 Å². The summed E-state index contributed by atoms with van der Waals surface area (Å²) in [6.45, 7) is 1.13. The summed E-state index contributed by atoms with van der Waals surface area (Å²) in [5.41, 5.74) is 1.35. The number of ether oxygens (including phenoxy) is 1. The molecule has 1 fully saturated rings. The zero-order valence-electron chi connectivity index (χ0n) is 15.1. The smallest absolute Gasteiger partial charge is 0.246 e. The number of aromatic nitrogens is 3. The number of rotatable bonds is 4. The molecule has 1 aliphatic rings. The van der Waals surface area contributed by atoms with E-state index in [0.717, 1.165) is 18.2 Å². The van der Waals surface area contributed by atoms with Crippen LogP contribution in [-0.4, -0.2) is 55.2 Å². The van der Waals surface area contributed by atoms with Crippen LogP contribution in [-0.2, 0) is 4.79 Å². The van der Waals surface area contributed by atoms with Gasteiger partial charge in [0, 0.05) is 18.8 Å². The summed E-state index contributed by atoms with van der Waals surface area (Å²) in [6.07, 6.45) is 7.85. The lowest BCUT2D eigenvalue weighted by molar-refractivity contribution is -0.128. The van der Waals surface area contributed by atoms with E-state index in [4.69, 9.17) is 4.74 Å². The molecule has 3 heterocycles. The van der Waals surface area contributed by atoms with E-state index in [0.29, 0.717) is 30.2 Å². The van der Waals surface area contributed by atoms with Gasteiger partial charge in [-0.15, -0.1) is 0 Å². The standard InChI is InChI=1S/C20H20N4O4/c25-16-5-3-13(10-17(16)26)4-6-18(27)24-9-1-2-14(11-24)28-20-15-7-8-21-19(15)22-12-23-20/h3-8,10,12,14,25-26H,1-2,9,11H2,(H,21,22,23)/b6-4+/t14-/m1/s1. The fraction of sp³-hybridized carbons (Fsp3) is 0.250. The highest BCUT2D eigenvalue weighted by molar-refractivity contribution is 5.92. The van der Waals surface area contributed by atoms with Crippen molar-refractivity contribution in [2.24, 2.45) is 0 Å². The van der Waals surface area contributed by atoms with Crippen molar-refractivity contribution in [1.82, 2.24) is 19.9 Å². The van der Waals surface area contributed by atoms with Gasteiger partial charge < -0.3 is 24.8 Å². The van der Waals surface area contributed by atoms with Crippen molar-refractivity contribution >= 4 is 23.0 Å². The molecule has 3 aromatic rings. The third-order valence-corrected chi connectivity index (χ3v) is 4.70. The lowest BCUT2D eigenvalue weighted by Crippen LogP contribution is -2.43. The van der Waals surface area contributed by atoms with Gasteiger partial charge in [-0.25, -0.2) is 9.97 Å². The number of aromatic hydroxyl groups is 2. The predicted octanol–water partition coefficient (Wildman–Crippen LogP) is 2.45. The second-order valence-corrected chi connectivity index (χ2v) is 6.67. The second kappa shape index (κ2) is 7.59. The van der Waals surface area contributed by atoms with Crippen molar-refractivity contribution in [2.75, 3.05) is 13.1 Å². The first-order valence-corrected chi connectivity index (χ1v) is 9.04. The van der Waals surface area contributed by atoms with Crippen LogP contribution in [0, 0.1) is 0 Å². The first-order chi connectivity index (χ1) is 13.6. The Hall–Kier alpha value is -3.55. The molecule has 144 valence electrons. The Morgan fingerprint density at radius 3 is 3.00 bits per heavy atom. The number of carbonyl (C=O) groups excluding carboxylic acids is 1. The second-order valence-electron chi connectivity index (χ2n) is 6.67. The van der Waals surface area contributed by atoms with Gasteiger partial charge in [-0.2, -0.15) is 0 Å². The molecule has 28 heavy (non-hydrogen) atoms. The Kier molecular flexibility index (Phi) is 4.84. The topological polar surface area (TPSA) is 112 Å². The lowest BCUT2D eigenvalue weighted by Gasteiger charge is -2.32. The van der Waals surface area contributed by atoms with Gasteiger partial charge >= 0.3 is 0 Å². The van der Waals surface area contributed by atoms with Crippen LogP contribution in [0.4, 0.5) is 0 Å². The summed E-state index contributed by atoms with van der Waals surface area (Å²) in [7, 11) is 0. The molecule has 2 aromatic heterocycles. The van der Waals surface area contributed by atoms with Crippen LogP contribution in [0.1, 0.15) is 18.4 Å². The highest BCUT2D eigenvalue weighted by Crippen LogP contribution is 2.26. The van der Waals surface area contributed by atoms with Gasteiger partial charge in [-0.1, -0.05) is 6.07 Å². The van der Waals surface area contributed by atoms with Crippen LogP contribution >= 0.6 is 0 Å². The fourth-order valence-electron chi connectivity index (χ4n) is 3.25. The SMILES string of the molecule is O=C(/C=C/c1ccc(O)c(O)c1)N1CCC[C@@H](Oc2ncnc3[nH]ccc23)C1. The van der Waals surface area contributed by atoms with E-state index in [1.165, 1.54) is 24.5 Å². The molecule has 1 saturated heterocycles. The van der Waals surface area contributed by atoms with Crippen molar-refractivity contribution in [3.63, 3.8) is 0 Å². The average Bonchev–Trinajstić information content (AvgIpc) is 3.19. The first kappa shape index (κ1) is 17.8. The average molecular weight is 380 g/mol. The van der Waals surface area contributed by atoms with Crippen molar-refractivity contribution in [3.8, 4) is 17.4 Å². The number of amides is 1. The summed E-state index contributed by atoms with van der Waals surface area (Å²) in [5.74, 6) is -0.0290. The fourth-order valence-corrected chi connectivity index (χ4v) is 3.25. The van der Waals surface area contributed by atoms with E-state index in [-0.39, 0.29) is 23.5 Å². The predicted molar refractivity (Wildman–Crippen MR) is 103 cm³/mol. The van der Waals surface area contributed by atoms with Gasteiger partial charge in [0.2, 0.25) is 11.8 Å². The number of fused-ring (bicyclic) bond motifs is 1. The molecule has 0 unspecified atom stereocenters. The molecule has 1 atom stereocenters. The number of aromatic amines is 1. The normalized spacial score (nSPS) is 17.3. The Bertz CT molecular complexity index is 1030. The Morgan fingerprint density at radius 2 is 2.14 bits per heavy atom. The van der Waals surface area contributed by atoms with Crippen LogP contribution < -0.4 is 4.74 Å². The molecule has 4 rings (SSSR count). The van der Waals surface area contributed by atoms with E-state index in [1.807, 2.05) is 6.07 Å². The van der Waals surface area contributed by atoms with Crippen LogP contribution in [0.25, 0.3) is 17.1 Å². The minimum absolute atomic E-state index is 0.129. The molecule has 8 nitrogen and oxygen atoms in total. The van der Waals surface area contributed by atoms with Gasteiger partial charge in [-0.3, -0.25) is 4.79 Å². The van der Waals surface area contributed by atoms with E-state index >= 15 is 0 Å². The molecule has 0 saturated carbocycles. The molecule has 0 radical (unpaired) electrons. The Morgan fingerprint density at radius 1 is 1.25 bits per heavy atom. The van der Waals surface area contributed by atoms with E-state index in [9.17, 15) is 15.0 Å². The summed E-state index contributed by atoms with van der Waals surface area (Å²) in [4.78, 5) is 25.7. The molecule has 3 N–H and O–H groups in total. The van der Waals surface area contributed by atoms with Crippen LogP contribution in [0.15, 0.2) is 42.9 Å². The van der Waals surface area contributed by atoms with E-state index in [1.54, 1.807) is 23.2 Å². The zero-order chi connectivity index (χ0) is 19.5. The maximum Gasteiger partial charge on any atom is 0.246 e. The number of piperidine rings is 1. The minimum Gasteiger partial charge on any atom is -0.504 e. The molecular weight excluding hydrogens is 360 g/mol. The lowest BCUT2D eigenvalue weighted by atomic mass is 10.1. The Balaban J connectivity index is 1.41. The van der Waals surface area contributed by atoms with Crippen molar-refractivity contribution in [2.45, 2.75) is 18.9 Å². The van der Waals surface area contributed by atoms with Gasteiger partial charge in [-0.05, 0) is 42.7 Å². The van der Waals surface area contributed by atoms with E-state index in [2.05, 4.69) is 15.0 Å². The van der Waals surface area contributed by atoms with E-state index < -0.39 is 0 Å². The van der Waals surface area contributed by atoms with Gasteiger partial charge in [0.05, 0.1) is 11.9 Å². The van der Waals surface area contributed by atoms with Crippen LogP contribution in [0.5, 0.6) is 17.4 Å². The summed E-state index contributed by atoms with van der Waals surface area (Å²) >= 11 is 0. The number of nitrogens with zero attached hydrogens (tertiary/aromatic N) is 3. The van der Waals surface area contributed by atoms with Gasteiger partial charge in [0.1, 0.15) is 18.1 Å². The van der Waals surface area contributed by atoms with Gasteiger partial charge in [0.25, 0.3) is 0 Å². The highest BCUT2D eigenvalue weighted by atomic mass is 16.5. The number of nitrogens with one attached hydrogen (secondary N) is 1. The summed E-state index contributed by atoms with van der Waals surface area (Å²) in [5, 5.41) is 19.7. The largest absolute Gasteiger partial charge is 0.504 e. The van der Waals surface area contributed by atoms with Crippen molar-refractivity contribution in [1.29, 1.82) is 0 Å². The molecule has 0 spiro atoms. The number of hydrogen-bond donors (Lipinski definition) is 3. The number of H-pyrrole nitrogens is 1. The van der Waals surface area contributed by atoms with Crippen molar-refractivity contribution in [3.05, 3.63) is 48.4 Å². The maximum absolute atomic E-state index is 12.5. The number of benzene rings is 1. The maximum atomic E-state index is 12.5. The summed E-state index contributed by atoms with van der Waals surface area (Å²) < 4.78 is 6.05.